The fraction of sp³-hybridized carbons (Fsp3) is 0.474. The molecule has 0 fully saturated rings. The van der Waals surface area contributed by atoms with E-state index in [1.54, 1.807) is 0 Å². The van der Waals surface area contributed by atoms with Crippen LogP contribution in [0.1, 0.15) is 38.5 Å². The SMILES string of the molecule is Cl.Cl.N.O=C(O)O.O=C([O-])CC(O)(CC(=O)O)C(=O)[O-].O=C([O-])CC(O)(CC(=O)[O-])C(=O)[O-].O=C([O-])CC(O)(CC(=O)[O-])C(=O)[O-].O=P(O)(O)O.O=P(O)(O)O.O=S(=O)([O-])[O-].O=S(=O)([O-])[O-].O=S(=O)([O-])[O-].[K+].[K+].[K+].[Mg+2].[Mg+2].[Mg+2].[Mg+2].[Na+].[Na+].[Na+]. The Balaban J connectivity index is -0.0000000245. The maximum Gasteiger partial charge on any atom is 2.00 e. The van der Waals surface area contributed by atoms with Gasteiger partial charge in [0.2, 0.25) is 0 Å². The first-order valence-corrected chi connectivity index (χ1v) is 20.7. The van der Waals surface area contributed by atoms with Crippen LogP contribution in [0.25, 0.3) is 0 Å². The first-order valence-electron chi connectivity index (χ1n) is 13.6. The Morgan fingerprint density at radius 2 is 0.432 bits per heavy atom. The van der Waals surface area contributed by atoms with Crippen molar-refractivity contribution in [3.8, 4) is 0 Å². The normalized spacial score (nSPS) is 9.72. The van der Waals surface area contributed by atoms with Gasteiger partial charge in [0.05, 0.1) is 24.3 Å². The van der Waals surface area contributed by atoms with Crippen LogP contribution in [0, 0.1) is 0 Å². The van der Waals surface area contributed by atoms with Gasteiger partial charge in [-0.25, -0.2) is 13.9 Å². The van der Waals surface area contributed by atoms with Crippen molar-refractivity contribution in [1.82, 2.24) is 6.15 Å². The van der Waals surface area contributed by atoms with Crippen molar-refractivity contribution in [1.29, 1.82) is 0 Å². The Morgan fingerprint density at radius 1 is 0.358 bits per heavy atom. The number of halogens is 2. The summed E-state index contributed by atoms with van der Waals surface area (Å²) in [7, 11) is -24.8. The molecule has 0 radical (unpaired) electrons. The van der Waals surface area contributed by atoms with Gasteiger partial charge in [-0.3, -0.25) is 30.0 Å². The van der Waals surface area contributed by atoms with Gasteiger partial charge in [0.15, 0.2) is 0 Å². The quantitative estimate of drug-likeness (QED) is 0.0313. The third-order valence-corrected chi connectivity index (χ3v) is 3.77. The van der Waals surface area contributed by atoms with Crippen molar-refractivity contribution < 1.29 is 453 Å². The molecule has 45 nitrogen and oxygen atoms in total. The van der Waals surface area contributed by atoms with Crippen molar-refractivity contribution in [2.45, 2.75) is 55.3 Å². The zero-order valence-corrected chi connectivity index (χ0v) is 68.5. The minimum absolute atomic E-state index is 0. The second kappa shape index (κ2) is 76.4. The average Bonchev–Trinajstić information content (AvgIpc) is 2.90. The standard InChI is InChI=1S/3C6H8O7.CH2O3.2ClH.3K.4Mg.H3N.3Na.2H3O4P.3H2O4S/c3*7-3(8)1-6(13,5(11)12)2-4(9)10;2-1(3)4;;;;;;;;;;;;;;5*1-5(2,3)4/h3*13H,1-2H2,(H,7,8)(H,9,10)(H,11,12);(H2,2,3,4);2*1H;;;;;;;;1H3;;;;2*(H3,1,2,3,4);3*(H2,1,2,3,4)/q;;;;;;3*+1;4*+2;;3*+1;;;;;/p-14. The zero-order valence-electron chi connectivity index (χ0n) is 41.6. The molecule has 0 aliphatic heterocycles. The third-order valence-electron chi connectivity index (χ3n) is 3.77. The molecule has 81 heavy (non-hydrogen) atoms. The molecule has 1 atom stereocenters. The summed E-state index contributed by atoms with van der Waals surface area (Å²) in [4.78, 5) is 142. The van der Waals surface area contributed by atoms with Gasteiger partial charge in [-0.05, 0) is 0 Å². The van der Waals surface area contributed by atoms with E-state index < -0.39 is 162 Å². The maximum atomic E-state index is 10.2. The summed E-state index contributed by atoms with van der Waals surface area (Å²) in [6, 6.07) is 0. The van der Waals surface area contributed by atoms with Crippen LogP contribution in [0.3, 0.4) is 0 Å². The Morgan fingerprint density at radius 3 is 0.481 bits per heavy atom. The van der Waals surface area contributed by atoms with Crippen LogP contribution in [-0.4, -0.2) is 281 Å². The van der Waals surface area contributed by atoms with E-state index in [4.69, 9.17) is 126 Å². The molecule has 0 aromatic rings. The van der Waals surface area contributed by atoms with Crippen LogP contribution in [0.15, 0.2) is 0 Å². The fourth-order valence-corrected chi connectivity index (χ4v) is 2.06. The molecule has 0 saturated heterocycles. The Labute approximate surface area is 723 Å². The molecule has 0 aliphatic carbocycles. The first kappa shape index (κ1) is 152. The Bertz CT molecular complexity index is 1860. The molecule has 62 heteroatoms. The number of carboxylic acid groups (broad SMARTS) is 11. The molecule has 0 heterocycles. The van der Waals surface area contributed by atoms with E-state index in [-0.39, 0.29) is 366 Å². The number of phosphoric acid groups is 2. The molecule has 430 valence electrons. The largest absolute Gasteiger partial charge is 2.00 e. The predicted octanol–water partition coefficient (Wildman–Crippen LogP) is -38.6. The number of hydrogen-bond donors (Lipinski definition) is 13. The minimum Gasteiger partial charge on any atom is -0.759 e. The maximum absolute atomic E-state index is 10.2. The number of rotatable bonds is 15. The van der Waals surface area contributed by atoms with Crippen LogP contribution in [0.2, 0.25) is 0 Å². The van der Waals surface area contributed by atoms with Crippen LogP contribution in [-0.2, 0) is 83.5 Å². The minimum atomic E-state index is -5.17. The van der Waals surface area contributed by atoms with Gasteiger partial charge in [0, 0.05) is 93.1 Å². The molecular weight excluding hydrogens is 1460 g/mol. The van der Waals surface area contributed by atoms with Crippen LogP contribution < -0.4 is 290 Å². The third kappa shape index (κ3) is 208. The molecule has 0 aliphatic rings. The predicted molar refractivity (Wildman–Crippen MR) is 203 cm³/mol. The molecule has 0 aromatic carbocycles. The van der Waals surface area contributed by atoms with Crippen molar-refractivity contribution in [3.63, 3.8) is 0 Å². The number of carbonyl (C=O) groups is 10. The molecule has 15 N–H and O–H groups in total. The Kier molecular flexibility index (Phi) is 144. The van der Waals surface area contributed by atoms with Gasteiger partial charge in [-0.1, -0.05) is 0 Å². The van der Waals surface area contributed by atoms with Crippen molar-refractivity contribution in [2.75, 3.05) is 0 Å². The van der Waals surface area contributed by atoms with Crippen LogP contribution in [0.4, 0.5) is 4.79 Å². The van der Waals surface area contributed by atoms with Crippen LogP contribution in [0.5, 0.6) is 0 Å². The topological polar surface area (TPSA) is 908 Å². The summed E-state index contributed by atoms with van der Waals surface area (Å²) >= 11 is 0. The van der Waals surface area contributed by atoms with Gasteiger partial charge in [0.1, 0.15) is 16.8 Å². The van der Waals surface area contributed by atoms with E-state index >= 15 is 0 Å². The number of aliphatic carboxylic acids is 9. The molecule has 0 spiro atoms. The van der Waals surface area contributed by atoms with Gasteiger partial charge >= 0.3 is 363 Å². The van der Waals surface area contributed by atoms with Crippen molar-refractivity contribution in [3.05, 3.63) is 0 Å². The molecule has 0 aromatic heterocycles. The number of carbonyl (C=O) groups excluding carboxylic acids is 8. The van der Waals surface area contributed by atoms with Gasteiger partial charge in [-0.15, -0.1) is 24.8 Å². The smallest absolute Gasteiger partial charge is 0.759 e. The summed E-state index contributed by atoms with van der Waals surface area (Å²) < 4.78 is 120. The van der Waals surface area contributed by atoms with Gasteiger partial charge < -0.3 is 173 Å². The summed E-state index contributed by atoms with van der Waals surface area (Å²) in [5, 5.41) is 129. The average molecular weight is 1490 g/mol. The fourth-order valence-electron chi connectivity index (χ4n) is 2.06. The summed E-state index contributed by atoms with van der Waals surface area (Å²) in [5.41, 5.74) is -8.86. The number of hydrogen-bond acceptors (Lipinski definition) is 36. The van der Waals surface area contributed by atoms with E-state index in [1.165, 1.54) is 0 Å². The second-order valence-corrected chi connectivity index (χ2v) is 14.3. The molecule has 0 bridgehead atoms. The molecule has 0 amide bonds. The monoisotopic (exact) mass is 1480 g/mol. The second-order valence-electron chi connectivity index (χ2n) is 9.81. The number of aliphatic hydroxyl groups is 3. The van der Waals surface area contributed by atoms with Gasteiger partial charge in [0.25, 0.3) is 0 Å². The summed E-state index contributed by atoms with van der Waals surface area (Å²) in [5.74, 6) is -17.6. The molecular formula is C19H29Cl2K3Mg4NNa3O44P2S3. The zero-order chi connectivity index (χ0) is 58.0. The first-order chi connectivity index (χ1) is 29.1. The summed E-state index contributed by atoms with van der Waals surface area (Å²) in [6.07, 6.45) is -9.83. The number of carboxylic acids is 9. The summed E-state index contributed by atoms with van der Waals surface area (Å²) in [6.45, 7) is 0. The van der Waals surface area contributed by atoms with E-state index in [1.807, 2.05) is 0 Å². The van der Waals surface area contributed by atoms with E-state index in [0.717, 1.165) is 0 Å². The van der Waals surface area contributed by atoms with E-state index in [2.05, 4.69) is 0 Å². The van der Waals surface area contributed by atoms with Crippen molar-refractivity contribution >= 4 is 224 Å². The van der Waals surface area contributed by atoms with Gasteiger partial charge in [-0.2, -0.15) is 0 Å². The van der Waals surface area contributed by atoms with Crippen LogP contribution >= 0.6 is 40.5 Å². The van der Waals surface area contributed by atoms with E-state index in [0.29, 0.717) is 0 Å². The molecule has 0 saturated carbocycles. The van der Waals surface area contributed by atoms with Crippen molar-refractivity contribution in [2.24, 2.45) is 0 Å². The molecule has 0 rings (SSSR count). The van der Waals surface area contributed by atoms with E-state index in [9.17, 15) is 84.0 Å². The molecule has 1 unspecified atom stereocenters. The Hall–Kier alpha value is 5.72.